The maximum atomic E-state index is 11.8. The van der Waals surface area contributed by atoms with Crippen LogP contribution in [0.2, 0.25) is 0 Å². The number of carbonyl (C=O) groups excluding carboxylic acids is 1. The fourth-order valence-electron chi connectivity index (χ4n) is 2.85. The van der Waals surface area contributed by atoms with Gasteiger partial charge >= 0.3 is 0 Å². The van der Waals surface area contributed by atoms with Crippen molar-refractivity contribution in [2.24, 2.45) is 11.7 Å². The van der Waals surface area contributed by atoms with Gasteiger partial charge in [-0.25, -0.2) is 0 Å². The van der Waals surface area contributed by atoms with Crippen LogP contribution in [-0.2, 0) is 4.79 Å². The summed E-state index contributed by atoms with van der Waals surface area (Å²) in [5.41, 5.74) is 5.68. The van der Waals surface area contributed by atoms with Crippen LogP contribution < -0.4 is 11.1 Å². The fourth-order valence-corrected chi connectivity index (χ4v) is 2.85. The van der Waals surface area contributed by atoms with Gasteiger partial charge in [0.25, 0.3) is 0 Å². The largest absolute Gasteiger partial charge is 0.352 e. The monoisotopic (exact) mass is 290 g/mol. The van der Waals surface area contributed by atoms with Crippen molar-refractivity contribution >= 4 is 18.3 Å². The van der Waals surface area contributed by atoms with Gasteiger partial charge in [0.2, 0.25) is 5.91 Å². The Morgan fingerprint density at radius 1 is 1.32 bits per heavy atom. The molecule has 3 nitrogen and oxygen atoms in total. The second-order valence-corrected chi connectivity index (χ2v) is 5.69. The zero-order chi connectivity index (χ0) is 13.2. The van der Waals surface area contributed by atoms with Gasteiger partial charge in [0.05, 0.1) is 0 Å². The van der Waals surface area contributed by atoms with Crippen molar-refractivity contribution in [3.05, 3.63) is 0 Å². The van der Waals surface area contributed by atoms with Crippen molar-refractivity contribution in [3.63, 3.8) is 0 Å². The number of hydrogen-bond donors (Lipinski definition) is 2. The number of halogens is 1. The maximum Gasteiger partial charge on any atom is 0.220 e. The van der Waals surface area contributed by atoms with Gasteiger partial charge in [-0.3, -0.25) is 4.79 Å². The SMILES string of the molecule is CCCCC(CN)NC(=O)CCCC1CCCC1.Cl. The van der Waals surface area contributed by atoms with Crippen LogP contribution in [0.5, 0.6) is 0 Å². The van der Waals surface area contributed by atoms with Gasteiger partial charge in [-0.15, -0.1) is 12.4 Å². The summed E-state index contributed by atoms with van der Waals surface area (Å²) in [4.78, 5) is 11.8. The molecule has 0 heterocycles. The molecule has 1 rings (SSSR count). The van der Waals surface area contributed by atoms with Gasteiger partial charge in [-0.05, 0) is 25.2 Å². The van der Waals surface area contributed by atoms with Gasteiger partial charge in [0.1, 0.15) is 0 Å². The quantitative estimate of drug-likeness (QED) is 0.684. The van der Waals surface area contributed by atoms with Gasteiger partial charge < -0.3 is 11.1 Å². The molecule has 0 aromatic carbocycles. The minimum absolute atomic E-state index is 0. The zero-order valence-corrected chi connectivity index (χ0v) is 13.1. The molecule has 0 radical (unpaired) electrons. The molecule has 1 fully saturated rings. The van der Waals surface area contributed by atoms with Gasteiger partial charge in [-0.2, -0.15) is 0 Å². The average Bonchev–Trinajstić information content (AvgIpc) is 2.87. The molecule has 0 spiro atoms. The lowest BCUT2D eigenvalue weighted by Gasteiger charge is -2.16. The molecule has 1 unspecified atom stereocenters. The Morgan fingerprint density at radius 3 is 2.58 bits per heavy atom. The maximum absolute atomic E-state index is 11.8. The predicted octanol–water partition coefficient (Wildman–Crippen LogP) is 3.40. The van der Waals surface area contributed by atoms with Crippen molar-refractivity contribution < 1.29 is 4.79 Å². The van der Waals surface area contributed by atoms with E-state index in [9.17, 15) is 4.79 Å². The van der Waals surface area contributed by atoms with E-state index in [2.05, 4.69) is 12.2 Å². The Balaban J connectivity index is 0.00000324. The lowest BCUT2D eigenvalue weighted by atomic mass is 10.0. The molecule has 4 heteroatoms. The molecule has 3 N–H and O–H groups in total. The van der Waals surface area contributed by atoms with Gasteiger partial charge in [0.15, 0.2) is 0 Å². The highest BCUT2D eigenvalue weighted by atomic mass is 35.5. The van der Waals surface area contributed by atoms with Crippen LogP contribution in [0.4, 0.5) is 0 Å². The molecule has 0 bridgehead atoms. The molecular weight excluding hydrogens is 260 g/mol. The van der Waals surface area contributed by atoms with Crippen LogP contribution >= 0.6 is 12.4 Å². The van der Waals surface area contributed by atoms with Crippen LogP contribution in [-0.4, -0.2) is 18.5 Å². The summed E-state index contributed by atoms with van der Waals surface area (Å²) in [5, 5.41) is 3.06. The molecule has 0 aliphatic heterocycles. The first kappa shape index (κ1) is 18.7. The van der Waals surface area contributed by atoms with Gasteiger partial charge in [-0.1, -0.05) is 45.4 Å². The highest BCUT2D eigenvalue weighted by molar-refractivity contribution is 5.85. The summed E-state index contributed by atoms with van der Waals surface area (Å²) in [7, 11) is 0. The molecular formula is C15H31ClN2O. The minimum Gasteiger partial charge on any atom is -0.352 e. The molecule has 19 heavy (non-hydrogen) atoms. The highest BCUT2D eigenvalue weighted by Gasteiger charge is 2.15. The predicted molar refractivity (Wildman–Crippen MR) is 83.6 cm³/mol. The lowest BCUT2D eigenvalue weighted by Crippen LogP contribution is -2.40. The molecule has 0 aromatic heterocycles. The first-order valence-corrected chi connectivity index (χ1v) is 7.75. The smallest absolute Gasteiger partial charge is 0.220 e. The van der Waals surface area contributed by atoms with E-state index in [0.717, 1.165) is 31.6 Å². The van der Waals surface area contributed by atoms with E-state index in [1.807, 2.05) is 0 Å². The summed E-state index contributed by atoms with van der Waals surface area (Å²) < 4.78 is 0. The second kappa shape index (κ2) is 11.5. The third-order valence-electron chi connectivity index (χ3n) is 4.05. The lowest BCUT2D eigenvalue weighted by molar-refractivity contribution is -0.121. The van der Waals surface area contributed by atoms with E-state index in [0.29, 0.717) is 13.0 Å². The normalized spacial score (nSPS) is 16.9. The summed E-state index contributed by atoms with van der Waals surface area (Å²) in [5.74, 6) is 1.09. The number of unbranched alkanes of at least 4 members (excludes halogenated alkanes) is 1. The van der Waals surface area contributed by atoms with Crippen molar-refractivity contribution in [2.45, 2.75) is 77.2 Å². The Morgan fingerprint density at radius 2 is 2.00 bits per heavy atom. The molecule has 114 valence electrons. The molecule has 1 aliphatic rings. The zero-order valence-electron chi connectivity index (χ0n) is 12.3. The number of rotatable bonds is 9. The number of amides is 1. The van der Waals surface area contributed by atoms with E-state index in [1.165, 1.54) is 32.1 Å². The van der Waals surface area contributed by atoms with E-state index >= 15 is 0 Å². The fraction of sp³-hybridized carbons (Fsp3) is 0.933. The number of nitrogens with one attached hydrogen (secondary N) is 1. The van der Waals surface area contributed by atoms with E-state index < -0.39 is 0 Å². The Hall–Kier alpha value is -0.280. The third kappa shape index (κ3) is 8.48. The van der Waals surface area contributed by atoms with Crippen LogP contribution in [0.15, 0.2) is 0 Å². The molecule has 1 saturated carbocycles. The van der Waals surface area contributed by atoms with Crippen LogP contribution in [0.1, 0.15) is 71.1 Å². The first-order chi connectivity index (χ1) is 8.76. The standard InChI is InChI=1S/C15H30N2O.ClH/c1-2-3-10-14(12-16)17-15(18)11-6-9-13-7-4-5-8-13;/h13-14H,2-12,16H2,1H3,(H,17,18);1H. The molecule has 1 amide bonds. The van der Waals surface area contributed by atoms with E-state index in [4.69, 9.17) is 5.73 Å². The van der Waals surface area contributed by atoms with E-state index in [-0.39, 0.29) is 24.4 Å². The summed E-state index contributed by atoms with van der Waals surface area (Å²) in [6.07, 6.45) is 11.8. The average molecular weight is 291 g/mol. The minimum atomic E-state index is 0. The van der Waals surface area contributed by atoms with Crippen molar-refractivity contribution in [2.75, 3.05) is 6.54 Å². The second-order valence-electron chi connectivity index (χ2n) is 5.69. The third-order valence-corrected chi connectivity index (χ3v) is 4.05. The van der Waals surface area contributed by atoms with Crippen molar-refractivity contribution in [1.82, 2.24) is 5.32 Å². The first-order valence-electron chi connectivity index (χ1n) is 7.75. The Kier molecular flexibility index (Phi) is 11.4. The molecule has 0 aromatic rings. The van der Waals surface area contributed by atoms with Crippen molar-refractivity contribution in [1.29, 1.82) is 0 Å². The molecule has 1 atom stereocenters. The highest BCUT2D eigenvalue weighted by Crippen LogP contribution is 2.28. The molecule has 1 aliphatic carbocycles. The van der Waals surface area contributed by atoms with Crippen molar-refractivity contribution in [3.8, 4) is 0 Å². The van der Waals surface area contributed by atoms with Crippen LogP contribution in [0.3, 0.4) is 0 Å². The topological polar surface area (TPSA) is 55.1 Å². The Bertz CT molecular complexity index is 230. The van der Waals surface area contributed by atoms with Gasteiger partial charge in [0, 0.05) is 19.0 Å². The number of nitrogens with two attached hydrogens (primary N) is 1. The Labute approximate surface area is 124 Å². The molecule has 0 saturated heterocycles. The number of carbonyl (C=O) groups is 1. The van der Waals surface area contributed by atoms with E-state index in [1.54, 1.807) is 0 Å². The summed E-state index contributed by atoms with van der Waals surface area (Å²) in [6.45, 7) is 2.73. The summed E-state index contributed by atoms with van der Waals surface area (Å²) in [6, 6.07) is 0.184. The van der Waals surface area contributed by atoms with Crippen LogP contribution in [0, 0.1) is 5.92 Å². The number of hydrogen-bond acceptors (Lipinski definition) is 2. The summed E-state index contributed by atoms with van der Waals surface area (Å²) >= 11 is 0. The van der Waals surface area contributed by atoms with Crippen LogP contribution in [0.25, 0.3) is 0 Å².